The summed E-state index contributed by atoms with van der Waals surface area (Å²) in [6.07, 6.45) is 0. The fourth-order valence-corrected chi connectivity index (χ4v) is 2.32. The van der Waals surface area contributed by atoms with Crippen LogP contribution in [0.2, 0.25) is 0 Å². The Morgan fingerprint density at radius 1 is 1.53 bits per heavy atom. The highest BCUT2D eigenvalue weighted by atomic mass is 35.5. The number of benzene rings is 1. The topological polar surface area (TPSA) is 42.0 Å². The van der Waals surface area contributed by atoms with Gasteiger partial charge in [0, 0.05) is 10.9 Å². The van der Waals surface area contributed by atoms with E-state index < -0.39 is 0 Å². The molecule has 88 valence electrons. The normalized spacial score (nSPS) is 10.2. The number of thiazole rings is 1. The van der Waals surface area contributed by atoms with Gasteiger partial charge in [0.1, 0.15) is 0 Å². The zero-order valence-corrected chi connectivity index (χ0v) is 10.8. The minimum absolute atomic E-state index is 0.149. The first-order valence-corrected chi connectivity index (χ1v) is 6.49. The molecule has 1 N–H and O–H groups in total. The Kier molecular flexibility index (Phi) is 3.76. The molecule has 2 rings (SSSR count). The molecular weight excluding hydrogens is 256 g/mol. The second-order valence-corrected chi connectivity index (χ2v) is 4.73. The molecule has 0 aliphatic heterocycles. The zero-order valence-electron chi connectivity index (χ0n) is 9.24. The highest BCUT2D eigenvalue weighted by molar-refractivity contribution is 7.14. The van der Waals surface area contributed by atoms with Gasteiger partial charge in [-0.15, -0.1) is 22.9 Å². The Hall–Kier alpha value is -1.39. The number of rotatable bonds is 3. The molecule has 1 amide bonds. The second-order valence-electron chi connectivity index (χ2n) is 3.60. The lowest BCUT2D eigenvalue weighted by Crippen LogP contribution is -2.11. The fourth-order valence-electron chi connectivity index (χ4n) is 1.38. The van der Waals surface area contributed by atoms with Crippen LogP contribution in [0.1, 0.15) is 21.6 Å². The largest absolute Gasteiger partial charge is 0.298 e. The van der Waals surface area contributed by atoms with Gasteiger partial charge in [0.25, 0.3) is 5.91 Å². The van der Waals surface area contributed by atoms with E-state index >= 15 is 0 Å². The Labute approximate surface area is 108 Å². The summed E-state index contributed by atoms with van der Waals surface area (Å²) in [6.45, 7) is 1.95. The van der Waals surface area contributed by atoms with Gasteiger partial charge in [-0.05, 0) is 19.1 Å². The molecule has 0 atom stereocenters. The Balaban J connectivity index is 2.11. The highest BCUT2D eigenvalue weighted by Gasteiger charge is 2.08. The van der Waals surface area contributed by atoms with Gasteiger partial charge in [-0.1, -0.05) is 17.7 Å². The third kappa shape index (κ3) is 3.05. The molecule has 0 fully saturated rings. The number of halogens is 1. The van der Waals surface area contributed by atoms with E-state index in [4.69, 9.17) is 11.6 Å². The lowest BCUT2D eigenvalue weighted by molar-refractivity contribution is 0.102. The summed E-state index contributed by atoms with van der Waals surface area (Å²) < 4.78 is 0. The Morgan fingerprint density at radius 2 is 2.35 bits per heavy atom. The fraction of sp³-hybridized carbons (Fsp3) is 0.167. The van der Waals surface area contributed by atoms with Crippen LogP contribution in [0.15, 0.2) is 29.6 Å². The summed E-state index contributed by atoms with van der Waals surface area (Å²) in [5.41, 5.74) is 2.46. The minimum Gasteiger partial charge on any atom is -0.298 e. The molecule has 0 saturated carbocycles. The molecule has 1 aromatic heterocycles. The maximum atomic E-state index is 11.9. The summed E-state index contributed by atoms with van der Waals surface area (Å²) in [6, 6.07) is 7.42. The lowest BCUT2D eigenvalue weighted by atomic mass is 10.1. The number of amides is 1. The van der Waals surface area contributed by atoms with Crippen LogP contribution < -0.4 is 5.32 Å². The maximum absolute atomic E-state index is 11.9. The molecule has 17 heavy (non-hydrogen) atoms. The predicted molar refractivity (Wildman–Crippen MR) is 70.8 cm³/mol. The third-order valence-corrected chi connectivity index (χ3v) is 3.27. The first-order valence-electron chi connectivity index (χ1n) is 5.07. The summed E-state index contributed by atoms with van der Waals surface area (Å²) in [4.78, 5) is 16.1. The van der Waals surface area contributed by atoms with Gasteiger partial charge in [-0.25, -0.2) is 4.98 Å². The van der Waals surface area contributed by atoms with Gasteiger partial charge >= 0.3 is 0 Å². The summed E-state index contributed by atoms with van der Waals surface area (Å²) >= 11 is 7.02. The van der Waals surface area contributed by atoms with E-state index in [-0.39, 0.29) is 5.91 Å². The molecule has 0 radical (unpaired) electrons. The third-order valence-electron chi connectivity index (χ3n) is 2.19. The van der Waals surface area contributed by atoms with Crippen LogP contribution in [0.25, 0.3) is 0 Å². The van der Waals surface area contributed by atoms with Gasteiger partial charge in [-0.3, -0.25) is 10.1 Å². The van der Waals surface area contributed by atoms with E-state index in [1.807, 2.05) is 30.5 Å². The van der Waals surface area contributed by atoms with Crippen LogP contribution in [0, 0.1) is 6.92 Å². The number of hydrogen-bond donors (Lipinski definition) is 1. The molecule has 1 heterocycles. The van der Waals surface area contributed by atoms with Crippen LogP contribution in [0.3, 0.4) is 0 Å². The number of carbonyl (C=O) groups excluding carboxylic acids is 1. The SMILES string of the molecule is Cc1cccc(C(=O)Nc2nc(CCl)cs2)c1. The number of aromatic nitrogens is 1. The van der Waals surface area contributed by atoms with Crippen LogP contribution in [0.5, 0.6) is 0 Å². The number of carbonyl (C=O) groups is 1. The molecule has 0 spiro atoms. The van der Waals surface area contributed by atoms with Crippen molar-refractivity contribution < 1.29 is 4.79 Å². The van der Waals surface area contributed by atoms with Crippen molar-refractivity contribution in [1.82, 2.24) is 4.98 Å². The first kappa shape index (κ1) is 12.1. The monoisotopic (exact) mass is 266 g/mol. The van der Waals surface area contributed by atoms with E-state index in [1.165, 1.54) is 11.3 Å². The van der Waals surface area contributed by atoms with Crippen molar-refractivity contribution in [3.8, 4) is 0 Å². The molecule has 5 heteroatoms. The standard InChI is InChI=1S/C12H11ClN2OS/c1-8-3-2-4-9(5-8)11(16)15-12-14-10(6-13)7-17-12/h2-5,7H,6H2,1H3,(H,14,15,16). The second kappa shape index (κ2) is 5.29. The van der Waals surface area contributed by atoms with Crippen molar-refractivity contribution in [3.63, 3.8) is 0 Å². The summed E-state index contributed by atoms with van der Waals surface area (Å²) in [7, 11) is 0. The van der Waals surface area contributed by atoms with Crippen LogP contribution in [-0.2, 0) is 5.88 Å². The van der Waals surface area contributed by atoms with Crippen LogP contribution in [0.4, 0.5) is 5.13 Å². The quantitative estimate of drug-likeness (QED) is 0.865. The first-order chi connectivity index (χ1) is 8.19. The number of hydrogen-bond acceptors (Lipinski definition) is 3. The van der Waals surface area contributed by atoms with Crippen LogP contribution >= 0.6 is 22.9 Å². The van der Waals surface area contributed by atoms with Gasteiger partial charge in [0.2, 0.25) is 0 Å². The molecule has 0 unspecified atom stereocenters. The van der Waals surface area contributed by atoms with Gasteiger partial charge in [0.05, 0.1) is 11.6 Å². The molecular formula is C12H11ClN2OS. The number of alkyl halides is 1. The average Bonchev–Trinajstić information content (AvgIpc) is 2.77. The zero-order chi connectivity index (χ0) is 12.3. The molecule has 2 aromatic rings. The molecule has 3 nitrogen and oxygen atoms in total. The van der Waals surface area contributed by atoms with Crippen LogP contribution in [-0.4, -0.2) is 10.9 Å². The highest BCUT2D eigenvalue weighted by Crippen LogP contribution is 2.17. The van der Waals surface area contributed by atoms with Crippen molar-refractivity contribution in [2.75, 3.05) is 5.32 Å². The van der Waals surface area contributed by atoms with Crippen molar-refractivity contribution >= 4 is 34.0 Å². The van der Waals surface area contributed by atoms with Gasteiger partial charge in [-0.2, -0.15) is 0 Å². The minimum atomic E-state index is -0.149. The van der Waals surface area contributed by atoms with Crippen molar-refractivity contribution in [2.24, 2.45) is 0 Å². The smallest absolute Gasteiger partial charge is 0.257 e. The Morgan fingerprint density at radius 3 is 3.00 bits per heavy atom. The molecule has 1 aromatic carbocycles. The molecule has 0 saturated heterocycles. The number of aryl methyl sites for hydroxylation is 1. The number of anilines is 1. The van der Waals surface area contributed by atoms with E-state index in [2.05, 4.69) is 10.3 Å². The van der Waals surface area contributed by atoms with Gasteiger partial charge in [0.15, 0.2) is 5.13 Å². The van der Waals surface area contributed by atoms with Crippen molar-refractivity contribution in [2.45, 2.75) is 12.8 Å². The molecule has 0 aliphatic rings. The predicted octanol–water partition coefficient (Wildman–Crippen LogP) is 3.44. The molecule has 0 bridgehead atoms. The number of nitrogens with zero attached hydrogens (tertiary/aromatic N) is 1. The van der Waals surface area contributed by atoms with E-state index in [0.717, 1.165) is 11.3 Å². The van der Waals surface area contributed by atoms with E-state index in [0.29, 0.717) is 16.6 Å². The summed E-state index contributed by atoms with van der Waals surface area (Å²) in [5.74, 6) is 0.209. The van der Waals surface area contributed by atoms with Crippen molar-refractivity contribution in [1.29, 1.82) is 0 Å². The summed E-state index contributed by atoms with van der Waals surface area (Å²) in [5, 5.41) is 5.16. The average molecular weight is 267 g/mol. The van der Waals surface area contributed by atoms with Gasteiger partial charge < -0.3 is 0 Å². The Bertz CT molecular complexity index is 539. The number of nitrogens with one attached hydrogen (secondary N) is 1. The van der Waals surface area contributed by atoms with E-state index in [1.54, 1.807) is 6.07 Å². The lowest BCUT2D eigenvalue weighted by Gasteiger charge is -2.02. The maximum Gasteiger partial charge on any atom is 0.257 e. The van der Waals surface area contributed by atoms with E-state index in [9.17, 15) is 4.79 Å². The van der Waals surface area contributed by atoms with Crippen molar-refractivity contribution in [3.05, 3.63) is 46.5 Å². The molecule has 0 aliphatic carbocycles.